The van der Waals surface area contributed by atoms with Crippen LogP contribution < -0.4 is 4.72 Å². The highest BCUT2D eigenvalue weighted by molar-refractivity contribution is 7.94. The summed E-state index contributed by atoms with van der Waals surface area (Å²) in [6, 6.07) is 4.91. The fourth-order valence-electron chi connectivity index (χ4n) is 1.90. The minimum Gasteiger partial charge on any atom is -0.358 e. The normalized spacial score (nSPS) is 12.2. The first-order chi connectivity index (χ1) is 10.4. The smallest absolute Gasteiger partial charge is 0.289 e. The van der Waals surface area contributed by atoms with E-state index in [0.29, 0.717) is 27.3 Å². The number of aromatic amines is 1. The molecule has 0 bridgehead atoms. The van der Waals surface area contributed by atoms with Crippen LogP contribution in [0.15, 0.2) is 34.8 Å². The van der Waals surface area contributed by atoms with Crippen LogP contribution >= 0.6 is 22.9 Å². The molecule has 22 heavy (non-hydrogen) atoms. The van der Waals surface area contributed by atoms with Crippen LogP contribution in [0.4, 0.5) is 14.5 Å². The second kappa shape index (κ2) is 5.49. The van der Waals surface area contributed by atoms with Gasteiger partial charge in [0.2, 0.25) is 0 Å². The van der Waals surface area contributed by atoms with Crippen LogP contribution in [0.3, 0.4) is 0 Å². The minimum atomic E-state index is -4.00. The van der Waals surface area contributed by atoms with E-state index in [-0.39, 0.29) is 9.90 Å². The Morgan fingerprint density at radius 1 is 1.36 bits per heavy atom. The summed E-state index contributed by atoms with van der Waals surface area (Å²) in [6.45, 7) is 0. The summed E-state index contributed by atoms with van der Waals surface area (Å²) in [4.78, 5) is 6.27. The number of sulfonamides is 1. The molecule has 10 heteroatoms. The topological polar surface area (TPSA) is 74.8 Å². The number of nitrogens with zero attached hydrogens (tertiary/aromatic N) is 1. The Bertz CT molecular complexity index is 937. The first-order valence-electron chi connectivity index (χ1n) is 5.91. The zero-order chi connectivity index (χ0) is 15.9. The number of H-pyrrole nitrogens is 1. The van der Waals surface area contributed by atoms with Gasteiger partial charge >= 0.3 is 0 Å². The van der Waals surface area contributed by atoms with Gasteiger partial charge in [-0.15, -0.1) is 0 Å². The van der Waals surface area contributed by atoms with Gasteiger partial charge in [0.15, 0.2) is 9.22 Å². The van der Waals surface area contributed by atoms with Gasteiger partial charge in [-0.25, -0.2) is 22.2 Å². The molecule has 0 saturated heterocycles. The van der Waals surface area contributed by atoms with E-state index in [9.17, 15) is 17.2 Å². The van der Waals surface area contributed by atoms with Crippen LogP contribution in [-0.4, -0.2) is 18.4 Å². The molecule has 0 fully saturated rings. The maximum absolute atomic E-state index is 12.5. The fourth-order valence-corrected chi connectivity index (χ4v) is 4.19. The molecule has 0 aliphatic carbocycles. The van der Waals surface area contributed by atoms with E-state index < -0.39 is 21.5 Å². The SMILES string of the molecule is O=S(=O)(Nc1cccc2c(Cl)c[nH]c12)c1cnc(C(F)F)s1. The van der Waals surface area contributed by atoms with Gasteiger partial charge in [-0.2, -0.15) is 0 Å². The number of thiazole rings is 1. The molecular formula is C12H8ClF2N3O2S2. The Kier molecular flexibility index (Phi) is 3.79. The van der Waals surface area contributed by atoms with E-state index in [1.54, 1.807) is 18.2 Å². The summed E-state index contributed by atoms with van der Waals surface area (Å²) in [5, 5.41) is 0.565. The highest BCUT2D eigenvalue weighted by atomic mass is 35.5. The van der Waals surface area contributed by atoms with Crippen molar-refractivity contribution in [1.29, 1.82) is 0 Å². The van der Waals surface area contributed by atoms with Gasteiger partial charge in [-0.1, -0.05) is 35.1 Å². The van der Waals surface area contributed by atoms with Crippen molar-refractivity contribution in [1.82, 2.24) is 9.97 Å². The quantitative estimate of drug-likeness (QED) is 0.735. The number of halogens is 3. The molecule has 0 aliphatic rings. The van der Waals surface area contributed by atoms with Crippen molar-refractivity contribution in [2.24, 2.45) is 0 Å². The third-order valence-corrected chi connectivity index (χ3v) is 6.01. The number of hydrogen-bond donors (Lipinski definition) is 2. The highest BCUT2D eigenvalue weighted by Crippen LogP contribution is 2.32. The molecule has 1 aromatic carbocycles. The predicted molar refractivity (Wildman–Crippen MR) is 81.2 cm³/mol. The van der Waals surface area contributed by atoms with E-state index in [1.165, 1.54) is 6.20 Å². The van der Waals surface area contributed by atoms with Gasteiger partial charge in [-0.3, -0.25) is 4.72 Å². The molecule has 2 aromatic heterocycles. The number of hydrogen-bond acceptors (Lipinski definition) is 4. The molecule has 0 saturated carbocycles. The van der Waals surface area contributed by atoms with Crippen LogP contribution in [0.1, 0.15) is 11.4 Å². The van der Waals surface area contributed by atoms with Crippen molar-refractivity contribution >= 4 is 49.6 Å². The second-order valence-corrected chi connectivity index (χ2v) is 7.67. The van der Waals surface area contributed by atoms with Crippen LogP contribution in [0.2, 0.25) is 5.02 Å². The average Bonchev–Trinajstić information content (AvgIpc) is 3.07. The lowest BCUT2D eigenvalue weighted by molar-refractivity contribution is 0.151. The lowest BCUT2D eigenvalue weighted by Gasteiger charge is -2.07. The number of para-hydroxylation sites is 1. The first kappa shape index (κ1) is 15.2. The molecule has 0 unspecified atom stereocenters. The monoisotopic (exact) mass is 363 g/mol. The van der Waals surface area contributed by atoms with Gasteiger partial charge in [0, 0.05) is 11.6 Å². The van der Waals surface area contributed by atoms with Gasteiger partial charge in [0.25, 0.3) is 16.4 Å². The van der Waals surface area contributed by atoms with E-state index >= 15 is 0 Å². The molecular weight excluding hydrogens is 356 g/mol. The zero-order valence-corrected chi connectivity index (χ0v) is 13.1. The fraction of sp³-hybridized carbons (Fsp3) is 0.0833. The third kappa shape index (κ3) is 2.67. The standard InChI is InChI=1S/C12H8ClF2N3O2S2/c13-7-4-16-10-6(7)2-1-3-8(10)18-22(19,20)9-5-17-12(21-9)11(14)15/h1-5,11,16,18H. The Balaban J connectivity index is 1.99. The summed E-state index contributed by atoms with van der Waals surface area (Å²) >= 11 is 6.40. The zero-order valence-electron chi connectivity index (χ0n) is 10.7. The third-order valence-electron chi connectivity index (χ3n) is 2.86. The summed E-state index contributed by atoms with van der Waals surface area (Å²) in [5.41, 5.74) is 0.783. The Morgan fingerprint density at radius 2 is 2.14 bits per heavy atom. The number of fused-ring (bicyclic) bond motifs is 1. The van der Waals surface area contributed by atoms with Gasteiger partial charge < -0.3 is 4.98 Å². The predicted octanol–water partition coefficient (Wildman–Crippen LogP) is 4.02. The minimum absolute atomic E-state index is 0.274. The number of alkyl halides is 2. The van der Waals surface area contributed by atoms with Crippen molar-refractivity contribution in [3.05, 3.63) is 40.6 Å². The van der Waals surface area contributed by atoms with Crippen LogP contribution in [0.25, 0.3) is 10.9 Å². The molecule has 0 aliphatic heterocycles. The van der Waals surface area contributed by atoms with Gasteiger partial charge in [0.1, 0.15) is 0 Å². The second-order valence-electron chi connectivity index (χ2n) is 4.29. The van der Waals surface area contributed by atoms with E-state index in [4.69, 9.17) is 11.6 Å². The molecule has 0 radical (unpaired) electrons. The van der Waals surface area contributed by atoms with E-state index in [0.717, 1.165) is 6.20 Å². The summed E-state index contributed by atoms with van der Waals surface area (Å²) < 4.78 is 51.6. The Labute approximate surface area is 133 Å². The summed E-state index contributed by atoms with van der Waals surface area (Å²) in [6.07, 6.45) is -0.360. The molecule has 3 aromatic rings. The van der Waals surface area contributed by atoms with Crippen molar-refractivity contribution in [3.63, 3.8) is 0 Å². The molecule has 2 N–H and O–H groups in total. The highest BCUT2D eigenvalue weighted by Gasteiger charge is 2.22. The maximum Gasteiger partial charge on any atom is 0.289 e. The molecule has 0 amide bonds. The summed E-state index contributed by atoms with van der Waals surface area (Å²) in [7, 11) is -4.00. The first-order valence-corrected chi connectivity index (χ1v) is 8.58. The lowest BCUT2D eigenvalue weighted by Crippen LogP contribution is -2.11. The largest absolute Gasteiger partial charge is 0.358 e. The van der Waals surface area contributed by atoms with Gasteiger partial charge in [-0.05, 0) is 6.07 Å². The maximum atomic E-state index is 12.5. The number of anilines is 1. The van der Waals surface area contributed by atoms with Crippen molar-refractivity contribution < 1.29 is 17.2 Å². The number of rotatable bonds is 4. The van der Waals surface area contributed by atoms with Crippen molar-refractivity contribution in [2.75, 3.05) is 4.72 Å². The molecule has 116 valence electrons. The van der Waals surface area contributed by atoms with Crippen LogP contribution in [0.5, 0.6) is 0 Å². The molecule has 5 nitrogen and oxygen atoms in total. The summed E-state index contributed by atoms with van der Waals surface area (Å²) in [5.74, 6) is 0. The average molecular weight is 364 g/mol. The molecule has 0 atom stereocenters. The number of nitrogens with one attached hydrogen (secondary N) is 2. The molecule has 3 rings (SSSR count). The van der Waals surface area contributed by atoms with Crippen LogP contribution in [-0.2, 0) is 10.0 Å². The van der Waals surface area contributed by atoms with Crippen LogP contribution in [0, 0.1) is 0 Å². The van der Waals surface area contributed by atoms with Crippen molar-refractivity contribution in [3.8, 4) is 0 Å². The van der Waals surface area contributed by atoms with E-state index in [2.05, 4.69) is 14.7 Å². The number of benzene rings is 1. The lowest BCUT2D eigenvalue weighted by atomic mass is 10.2. The Hall–Kier alpha value is -1.71. The van der Waals surface area contributed by atoms with E-state index in [1.807, 2.05) is 0 Å². The molecule has 2 heterocycles. The molecule has 0 spiro atoms. The number of aromatic nitrogens is 2. The van der Waals surface area contributed by atoms with Gasteiger partial charge in [0.05, 0.1) is 22.4 Å². The Morgan fingerprint density at radius 3 is 2.82 bits per heavy atom. The van der Waals surface area contributed by atoms with Crippen molar-refractivity contribution in [2.45, 2.75) is 10.6 Å².